The Kier molecular flexibility index (Phi) is 6.83. The summed E-state index contributed by atoms with van der Waals surface area (Å²) >= 11 is 6.58. The zero-order chi connectivity index (χ0) is 27.8. The molecular weight excluding hydrogens is 516 g/mol. The Morgan fingerprint density at radius 1 is 1.23 bits per heavy atom. The quantitative estimate of drug-likeness (QED) is 0.246. The lowest BCUT2D eigenvalue weighted by molar-refractivity contribution is 0.0981. The number of nitrogens with zero attached hydrogens (tertiary/aromatic N) is 5. The fourth-order valence-electron chi connectivity index (χ4n) is 4.61. The fourth-order valence-corrected chi connectivity index (χ4v) is 4.83. The smallest absolute Gasteiger partial charge is 0.407 e. The van der Waals surface area contributed by atoms with E-state index in [0.717, 1.165) is 29.4 Å². The third-order valence-electron chi connectivity index (χ3n) is 6.93. The number of benzene rings is 2. The number of anilines is 2. The first-order chi connectivity index (χ1) is 18.6. The lowest BCUT2D eigenvalue weighted by atomic mass is 9.98. The average Bonchev–Trinajstić information content (AvgIpc) is 3.59. The van der Waals surface area contributed by atoms with E-state index >= 15 is 0 Å². The molecule has 0 saturated heterocycles. The molecule has 2 aromatic carbocycles. The van der Waals surface area contributed by atoms with E-state index in [-0.39, 0.29) is 0 Å². The molecule has 0 atom stereocenters. The predicted molar refractivity (Wildman–Crippen MR) is 150 cm³/mol. The molecule has 0 radical (unpaired) electrons. The molecule has 4 aromatic rings. The van der Waals surface area contributed by atoms with Crippen molar-refractivity contribution in [2.45, 2.75) is 51.1 Å². The number of amides is 1. The van der Waals surface area contributed by atoms with E-state index < -0.39 is 17.0 Å². The number of carboxylic acid groups (broad SMARTS) is 1. The Morgan fingerprint density at radius 2 is 2.03 bits per heavy atom. The topological polar surface area (TPSA) is 116 Å². The van der Waals surface area contributed by atoms with Gasteiger partial charge in [0.1, 0.15) is 23.3 Å². The second kappa shape index (κ2) is 10.1. The molecule has 2 N–H and O–H groups in total. The van der Waals surface area contributed by atoms with Crippen LogP contribution < -0.4 is 10.1 Å². The van der Waals surface area contributed by atoms with Crippen LogP contribution in [-0.2, 0) is 12.0 Å². The van der Waals surface area contributed by atoms with Gasteiger partial charge in [-0.3, -0.25) is 0 Å². The molecule has 1 aliphatic rings. The highest BCUT2D eigenvalue weighted by Crippen LogP contribution is 2.48. The zero-order valence-corrected chi connectivity index (χ0v) is 22.7. The summed E-state index contributed by atoms with van der Waals surface area (Å²) in [5.74, 6) is 1.69. The minimum absolute atomic E-state index is 0.311. The van der Waals surface area contributed by atoms with Crippen molar-refractivity contribution in [2.75, 3.05) is 11.9 Å². The largest absolute Gasteiger partial charge is 0.465 e. The Labute approximate surface area is 231 Å². The number of rotatable bonds is 8. The molecule has 2 heterocycles. The van der Waals surface area contributed by atoms with E-state index in [4.69, 9.17) is 16.3 Å². The van der Waals surface area contributed by atoms with Gasteiger partial charge in [0.05, 0.1) is 22.0 Å². The number of carbonyl (C=O) groups is 1. The van der Waals surface area contributed by atoms with Crippen molar-refractivity contribution in [2.24, 2.45) is 0 Å². The van der Waals surface area contributed by atoms with Gasteiger partial charge in [-0.2, -0.15) is 5.26 Å². The summed E-state index contributed by atoms with van der Waals surface area (Å²) in [6.45, 7) is 6.36. The van der Waals surface area contributed by atoms with Crippen LogP contribution in [0.4, 0.5) is 16.3 Å². The van der Waals surface area contributed by atoms with Gasteiger partial charge in [-0.25, -0.2) is 14.8 Å². The number of nitriles is 1. The third kappa shape index (κ3) is 5.47. The molecule has 1 aliphatic carbocycles. The van der Waals surface area contributed by atoms with E-state index in [1.807, 2.05) is 67.9 Å². The van der Waals surface area contributed by atoms with Crippen LogP contribution >= 0.6 is 11.6 Å². The minimum Gasteiger partial charge on any atom is -0.465 e. The van der Waals surface area contributed by atoms with Gasteiger partial charge in [0.15, 0.2) is 5.82 Å². The van der Waals surface area contributed by atoms with Gasteiger partial charge in [0.2, 0.25) is 0 Å². The molecule has 0 aliphatic heterocycles. The van der Waals surface area contributed by atoms with Crippen molar-refractivity contribution < 1.29 is 14.6 Å². The number of halogens is 1. The summed E-state index contributed by atoms with van der Waals surface area (Å²) in [5, 5.41) is 22.9. The average molecular weight is 545 g/mol. The number of fused-ring (bicyclic) bond motifs is 1. The van der Waals surface area contributed by atoms with Gasteiger partial charge in [-0.1, -0.05) is 23.7 Å². The molecule has 1 amide bonds. The number of ether oxygens (including phenoxy) is 1. The SMILES string of the molecule is CC(C)(C)N(CCn1ccc2ncnc(Nc3ccc(Oc4cccc(C5(C#N)CC5)c4)c(Cl)c3)c21)C(=O)O. The van der Waals surface area contributed by atoms with Crippen LogP contribution in [0.3, 0.4) is 0 Å². The maximum Gasteiger partial charge on any atom is 0.407 e. The van der Waals surface area contributed by atoms with Crippen LogP contribution in [0, 0.1) is 11.3 Å². The van der Waals surface area contributed by atoms with Gasteiger partial charge in [0.25, 0.3) is 0 Å². The van der Waals surface area contributed by atoms with Crippen molar-refractivity contribution in [3.8, 4) is 17.6 Å². The molecule has 9 nitrogen and oxygen atoms in total. The van der Waals surface area contributed by atoms with Crippen LogP contribution in [0.5, 0.6) is 11.5 Å². The van der Waals surface area contributed by atoms with Crippen molar-refractivity contribution in [3.05, 3.63) is 71.6 Å². The van der Waals surface area contributed by atoms with Crippen LogP contribution in [0.2, 0.25) is 5.02 Å². The van der Waals surface area contributed by atoms with Crippen molar-refractivity contribution in [1.82, 2.24) is 19.4 Å². The number of hydrogen-bond acceptors (Lipinski definition) is 6. The summed E-state index contributed by atoms with van der Waals surface area (Å²) in [5.41, 5.74) is 2.25. The molecule has 0 bridgehead atoms. The zero-order valence-electron chi connectivity index (χ0n) is 22.0. The van der Waals surface area contributed by atoms with Gasteiger partial charge in [-0.15, -0.1) is 0 Å². The molecule has 5 rings (SSSR count). The summed E-state index contributed by atoms with van der Waals surface area (Å²) < 4.78 is 7.99. The van der Waals surface area contributed by atoms with Crippen molar-refractivity contribution in [1.29, 1.82) is 5.26 Å². The summed E-state index contributed by atoms with van der Waals surface area (Å²) in [6, 6.07) is 17.2. The van der Waals surface area contributed by atoms with Crippen LogP contribution in [0.15, 0.2) is 61.1 Å². The van der Waals surface area contributed by atoms with Gasteiger partial charge >= 0.3 is 6.09 Å². The predicted octanol–water partition coefficient (Wildman–Crippen LogP) is 6.95. The lowest BCUT2D eigenvalue weighted by Crippen LogP contribution is -2.46. The Bertz CT molecular complexity index is 1580. The van der Waals surface area contributed by atoms with Crippen LogP contribution in [0.1, 0.15) is 39.2 Å². The molecular formula is C29H29ClN6O3. The second-order valence-corrected chi connectivity index (χ2v) is 11.1. The summed E-state index contributed by atoms with van der Waals surface area (Å²) in [6.07, 6.45) is 4.12. The van der Waals surface area contributed by atoms with Crippen molar-refractivity contribution >= 4 is 40.2 Å². The van der Waals surface area contributed by atoms with Gasteiger partial charge < -0.3 is 24.6 Å². The summed E-state index contributed by atoms with van der Waals surface area (Å²) in [7, 11) is 0. The van der Waals surface area contributed by atoms with Gasteiger partial charge in [0, 0.05) is 30.5 Å². The van der Waals surface area contributed by atoms with E-state index in [9.17, 15) is 15.2 Å². The molecule has 39 heavy (non-hydrogen) atoms. The molecule has 1 saturated carbocycles. The first kappa shape index (κ1) is 26.3. The molecule has 200 valence electrons. The maximum absolute atomic E-state index is 11.8. The molecule has 10 heteroatoms. The van der Waals surface area contributed by atoms with Crippen molar-refractivity contribution in [3.63, 3.8) is 0 Å². The summed E-state index contributed by atoms with van der Waals surface area (Å²) in [4.78, 5) is 22.0. The van der Waals surface area contributed by atoms with E-state index in [1.54, 1.807) is 12.1 Å². The molecule has 0 spiro atoms. The molecule has 1 fully saturated rings. The highest BCUT2D eigenvalue weighted by Gasteiger charge is 2.45. The third-order valence-corrected chi connectivity index (χ3v) is 7.22. The van der Waals surface area contributed by atoms with Gasteiger partial charge in [-0.05, 0) is 75.6 Å². The highest BCUT2D eigenvalue weighted by atomic mass is 35.5. The molecule has 2 aromatic heterocycles. The Hall–Kier alpha value is -4.29. The fraction of sp³-hybridized carbons (Fsp3) is 0.310. The minimum atomic E-state index is -0.964. The lowest BCUT2D eigenvalue weighted by Gasteiger charge is -2.33. The van der Waals surface area contributed by atoms with E-state index in [2.05, 4.69) is 21.4 Å². The Morgan fingerprint density at radius 3 is 2.69 bits per heavy atom. The maximum atomic E-state index is 11.8. The van der Waals surface area contributed by atoms with E-state index in [1.165, 1.54) is 11.2 Å². The van der Waals surface area contributed by atoms with Crippen LogP contribution in [0.25, 0.3) is 11.0 Å². The monoisotopic (exact) mass is 544 g/mol. The number of nitrogens with one attached hydrogen (secondary N) is 1. The van der Waals surface area contributed by atoms with Crippen LogP contribution in [-0.4, -0.2) is 42.7 Å². The normalized spacial score (nSPS) is 14.0. The van der Waals surface area contributed by atoms with E-state index in [0.29, 0.717) is 41.1 Å². The molecule has 0 unspecified atom stereocenters. The first-order valence-electron chi connectivity index (χ1n) is 12.7. The number of aromatic nitrogens is 3. The first-order valence-corrected chi connectivity index (χ1v) is 13.0. The second-order valence-electron chi connectivity index (χ2n) is 10.7. The number of hydrogen-bond donors (Lipinski definition) is 2. The standard InChI is InChI=1S/C29H29ClN6O3/c1-28(2,3)36(27(37)38)14-13-35-12-9-23-25(35)26(33-18-32-23)34-20-7-8-24(22(30)16-20)39-21-6-4-5-19(15-21)29(17-31)10-11-29/h4-9,12,15-16,18H,10-11,13-14H2,1-3H3,(H,37,38)(H,32,33,34). The Balaban J connectivity index is 1.35. The highest BCUT2D eigenvalue weighted by molar-refractivity contribution is 6.32.